The van der Waals surface area contributed by atoms with Crippen LogP contribution < -0.4 is 0 Å². The monoisotopic (exact) mass is 329 g/mol. The lowest BCUT2D eigenvalue weighted by Gasteiger charge is -2.23. The summed E-state index contributed by atoms with van der Waals surface area (Å²) in [5.74, 6) is 0.360. The van der Waals surface area contributed by atoms with Crippen molar-refractivity contribution in [2.45, 2.75) is 17.8 Å². The minimum absolute atomic E-state index is 0.329. The van der Waals surface area contributed by atoms with E-state index in [2.05, 4.69) is 10.2 Å². The van der Waals surface area contributed by atoms with Crippen LogP contribution in [0.15, 0.2) is 29.7 Å². The van der Waals surface area contributed by atoms with Gasteiger partial charge in [-0.25, -0.2) is 4.79 Å². The van der Waals surface area contributed by atoms with E-state index < -0.39 is 12.2 Å². The lowest BCUT2D eigenvalue weighted by molar-refractivity contribution is 0.00411. The van der Waals surface area contributed by atoms with Gasteiger partial charge < -0.3 is 4.74 Å². The van der Waals surface area contributed by atoms with E-state index in [-0.39, 0.29) is 0 Å². The number of hydrogen-bond donors (Lipinski definition) is 0. The molecule has 0 bridgehead atoms. The maximum Gasteiger partial charge on any atom is 0.340 e. The van der Waals surface area contributed by atoms with Crippen molar-refractivity contribution in [1.82, 2.24) is 14.8 Å². The summed E-state index contributed by atoms with van der Waals surface area (Å²) in [6.45, 7) is 0. The van der Waals surface area contributed by atoms with E-state index >= 15 is 0 Å². The minimum Gasteiger partial charge on any atom is -0.437 e. The lowest BCUT2D eigenvalue weighted by atomic mass is 10.2. The van der Waals surface area contributed by atoms with Crippen molar-refractivity contribution in [3.05, 3.63) is 40.1 Å². The molecule has 3 rings (SSSR count). The van der Waals surface area contributed by atoms with Crippen molar-refractivity contribution >= 4 is 40.9 Å². The Labute approximate surface area is 129 Å². The van der Waals surface area contributed by atoms with Crippen LogP contribution in [-0.4, -0.2) is 26.5 Å². The second-order valence-corrected chi connectivity index (χ2v) is 6.11. The number of ether oxygens (including phenoxy) is 1. The number of carbonyl (C=O) groups is 1. The molecule has 1 aliphatic heterocycles. The molecule has 1 atom stereocenters. The predicted octanol–water partition coefficient (Wildman–Crippen LogP) is 3.44. The molecule has 1 aromatic heterocycles. The van der Waals surface area contributed by atoms with Crippen LogP contribution in [0.1, 0.15) is 23.0 Å². The van der Waals surface area contributed by atoms with E-state index in [1.165, 1.54) is 12.1 Å². The van der Waals surface area contributed by atoms with Gasteiger partial charge in [0.05, 0.1) is 5.56 Å². The molecule has 8 heteroatoms. The second-order valence-electron chi connectivity index (χ2n) is 4.18. The molecule has 0 amide bonds. The average Bonchev–Trinajstić information content (AvgIpc) is 2.87. The summed E-state index contributed by atoms with van der Waals surface area (Å²) < 4.78 is 7.23. The number of rotatable bonds is 2. The zero-order valence-electron chi connectivity index (χ0n) is 10.1. The number of fused-ring (bicyclic) bond motifs is 1. The number of halogens is 2. The van der Waals surface area contributed by atoms with Crippen molar-refractivity contribution in [1.29, 1.82) is 0 Å². The van der Waals surface area contributed by atoms with Crippen molar-refractivity contribution < 1.29 is 9.53 Å². The molecular formula is C12H9Cl2N3O2S. The molecule has 0 saturated heterocycles. The largest absolute Gasteiger partial charge is 0.437 e. The van der Waals surface area contributed by atoms with Crippen LogP contribution in [0.25, 0.3) is 0 Å². The van der Waals surface area contributed by atoms with E-state index in [9.17, 15) is 4.79 Å². The third-order valence-electron chi connectivity index (χ3n) is 2.79. The highest BCUT2D eigenvalue weighted by Gasteiger charge is 2.25. The van der Waals surface area contributed by atoms with Crippen molar-refractivity contribution in [2.75, 3.05) is 5.75 Å². The van der Waals surface area contributed by atoms with Gasteiger partial charge in [-0.1, -0.05) is 35.0 Å². The SMILES string of the molecule is O=C(OC1CCSc2nncn21)c1cc(Cl)cc(Cl)c1. The molecular weight excluding hydrogens is 321 g/mol. The fourth-order valence-corrected chi connectivity index (χ4v) is 3.35. The second kappa shape index (κ2) is 5.63. The van der Waals surface area contributed by atoms with Crippen LogP contribution in [0.2, 0.25) is 10.0 Å². The third-order valence-corrected chi connectivity index (χ3v) is 4.21. The minimum atomic E-state index is -0.467. The normalized spacial score (nSPS) is 17.6. The Morgan fingerprint density at radius 2 is 2.10 bits per heavy atom. The maximum absolute atomic E-state index is 12.1. The van der Waals surface area contributed by atoms with E-state index in [4.69, 9.17) is 27.9 Å². The summed E-state index contributed by atoms with van der Waals surface area (Å²) in [5.41, 5.74) is 0.329. The van der Waals surface area contributed by atoms with E-state index in [0.717, 1.165) is 10.9 Å². The number of esters is 1. The number of thioether (sulfide) groups is 1. The predicted molar refractivity (Wildman–Crippen MR) is 76.3 cm³/mol. The van der Waals surface area contributed by atoms with Gasteiger partial charge >= 0.3 is 5.97 Å². The Morgan fingerprint density at radius 3 is 2.85 bits per heavy atom. The molecule has 104 valence electrons. The molecule has 5 nitrogen and oxygen atoms in total. The first-order valence-electron chi connectivity index (χ1n) is 5.83. The highest BCUT2D eigenvalue weighted by molar-refractivity contribution is 7.99. The van der Waals surface area contributed by atoms with Gasteiger partial charge in [-0.15, -0.1) is 10.2 Å². The topological polar surface area (TPSA) is 57.0 Å². The number of nitrogens with zero attached hydrogens (tertiary/aromatic N) is 3. The van der Waals surface area contributed by atoms with Gasteiger partial charge in [-0.3, -0.25) is 4.57 Å². The quantitative estimate of drug-likeness (QED) is 0.790. The summed E-state index contributed by atoms with van der Waals surface area (Å²) in [4.78, 5) is 12.1. The summed E-state index contributed by atoms with van der Waals surface area (Å²) in [5, 5.41) is 9.32. The average molecular weight is 330 g/mol. The van der Waals surface area contributed by atoms with Gasteiger partial charge in [0.25, 0.3) is 0 Å². The van der Waals surface area contributed by atoms with E-state index in [1.807, 2.05) is 0 Å². The van der Waals surface area contributed by atoms with Crippen molar-refractivity contribution in [3.63, 3.8) is 0 Å². The zero-order chi connectivity index (χ0) is 14.1. The van der Waals surface area contributed by atoms with Crippen LogP contribution in [0, 0.1) is 0 Å². The Morgan fingerprint density at radius 1 is 1.35 bits per heavy atom. The van der Waals surface area contributed by atoms with Gasteiger partial charge in [0.2, 0.25) is 0 Å². The van der Waals surface area contributed by atoms with Gasteiger partial charge in [-0.05, 0) is 18.2 Å². The molecule has 2 aromatic rings. The van der Waals surface area contributed by atoms with Gasteiger partial charge in [0, 0.05) is 22.2 Å². The highest BCUT2D eigenvalue weighted by atomic mass is 35.5. The highest BCUT2D eigenvalue weighted by Crippen LogP contribution is 2.31. The number of carbonyl (C=O) groups excluding carboxylic acids is 1. The molecule has 0 spiro atoms. The van der Waals surface area contributed by atoms with Gasteiger partial charge in [0.15, 0.2) is 11.4 Å². The molecule has 0 N–H and O–H groups in total. The smallest absolute Gasteiger partial charge is 0.340 e. The first kappa shape index (κ1) is 13.7. The number of benzene rings is 1. The Bertz CT molecular complexity index is 642. The van der Waals surface area contributed by atoms with Crippen molar-refractivity contribution in [3.8, 4) is 0 Å². The molecule has 0 fully saturated rings. The van der Waals surface area contributed by atoms with Crippen LogP contribution in [0.5, 0.6) is 0 Å². The first-order valence-corrected chi connectivity index (χ1v) is 7.57. The molecule has 1 unspecified atom stereocenters. The maximum atomic E-state index is 12.1. The summed E-state index contributed by atoms with van der Waals surface area (Å²) in [6, 6.07) is 4.62. The van der Waals surface area contributed by atoms with Gasteiger partial charge in [0.1, 0.15) is 6.33 Å². The molecule has 0 saturated carbocycles. The molecule has 20 heavy (non-hydrogen) atoms. The number of aromatic nitrogens is 3. The molecule has 0 radical (unpaired) electrons. The van der Waals surface area contributed by atoms with Crippen molar-refractivity contribution in [2.24, 2.45) is 0 Å². The molecule has 0 aliphatic carbocycles. The Kier molecular flexibility index (Phi) is 3.87. The van der Waals surface area contributed by atoms with Crippen LogP contribution >= 0.6 is 35.0 Å². The Hall–Kier alpha value is -1.24. The van der Waals surface area contributed by atoms with Crippen LogP contribution in [-0.2, 0) is 4.74 Å². The molecule has 1 aliphatic rings. The molecule has 2 heterocycles. The van der Waals surface area contributed by atoms with Crippen LogP contribution in [0.4, 0.5) is 0 Å². The Balaban J connectivity index is 1.80. The molecule has 1 aromatic carbocycles. The fraction of sp³-hybridized carbons (Fsp3) is 0.250. The van der Waals surface area contributed by atoms with Crippen LogP contribution in [0.3, 0.4) is 0 Å². The third kappa shape index (κ3) is 2.77. The number of hydrogen-bond acceptors (Lipinski definition) is 5. The fourth-order valence-electron chi connectivity index (χ4n) is 1.90. The summed E-state index contributed by atoms with van der Waals surface area (Å²) in [7, 11) is 0. The zero-order valence-corrected chi connectivity index (χ0v) is 12.5. The van der Waals surface area contributed by atoms with E-state index in [1.54, 1.807) is 28.7 Å². The summed E-state index contributed by atoms with van der Waals surface area (Å²) in [6.07, 6.45) is 1.87. The van der Waals surface area contributed by atoms with Gasteiger partial charge in [-0.2, -0.15) is 0 Å². The lowest BCUT2D eigenvalue weighted by Crippen LogP contribution is -2.21. The van der Waals surface area contributed by atoms with E-state index in [0.29, 0.717) is 22.0 Å². The summed E-state index contributed by atoms with van der Waals surface area (Å²) >= 11 is 13.3. The first-order chi connectivity index (χ1) is 9.63. The standard InChI is InChI=1S/C12H9Cl2N3O2S/c13-8-3-7(4-9(14)5-8)11(18)19-10-1-2-20-12-16-15-6-17(10)12/h3-6,10H,1-2H2.